The molecule has 5 rings (SSSR count). The SMILES string of the molecule is C[C@H](NC(=O)CN1C(=O)N[C@]2(CCOc3ccccc32)C1=O)c1ccc2c(c1)OCO2. The molecule has 4 amide bonds. The molecule has 160 valence electrons. The summed E-state index contributed by atoms with van der Waals surface area (Å²) >= 11 is 0. The van der Waals surface area contributed by atoms with Crippen LogP contribution in [0.2, 0.25) is 0 Å². The fourth-order valence-electron chi connectivity index (χ4n) is 4.21. The van der Waals surface area contributed by atoms with Crippen molar-refractivity contribution in [3.05, 3.63) is 53.6 Å². The van der Waals surface area contributed by atoms with Gasteiger partial charge in [0, 0.05) is 12.0 Å². The first-order valence-corrected chi connectivity index (χ1v) is 10.0. The maximum absolute atomic E-state index is 13.3. The number of benzene rings is 2. The number of imide groups is 1. The van der Waals surface area contributed by atoms with Gasteiger partial charge < -0.3 is 24.8 Å². The molecule has 1 saturated heterocycles. The minimum Gasteiger partial charge on any atom is -0.493 e. The number of nitrogens with one attached hydrogen (secondary N) is 2. The van der Waals surface area contributed by atoms with E-state index < -0.39 is 23.4 Å². The number of ether oxygens (including phenoxy) is 3. The Bertz CT molecular complexity index is 1090. The Balaban J connectivity index is 1.30. The number of carbonyl (C=O) groups is 3. The van der Waals surface area contributed by atoms with E-state index in [4.69, 9.17) is 14.2 Å². The van der Waals surface area contributed by atoms with E-state index in [1.54, 1.807) is 30.3 Å². The summed E-state index contributed by atoms with van der Waals surface area (Å²) in [6.45, 7) is 1.91. The lowest BCUT2D eigenvalue weighted by atomic mass is 9.84. The Morgan fingerprint density at radius 2 is 1.94 bits per heavy atom. The van der Waals surface area contributed by atoms with Crippen molar-refractivity contribution in [2.45, 2.75) is 24.9 Å². The molecule has 3 heterocycles. The molecule has 0 unspecified atom stereocenters. The molecular weight excluding hydrogens is 402 g/mol. The second kappa shape index (κ2) is 7.19. The first kappa shape index (κ1) is 19.2. The zero-order valence-electron chi connectivity index (χ0n) is 16.8. The van der Waals surface area contributed by atoms with E-state index in [0.29, 0.717) is 35.8 Å². The van der Waals surface area contributed by atoms with Gasteiger partial charge in [0.15, 0.2) is 17.0 Å². The van der Waals surface area contributed by atoms with E-state index in [1.165, 1.54) is 0 Å². The van der Waals surface area contributed by atoms with E-state index >= 15 is 0 Å². The number of fused-ring (bicyclic) bond motifs is 3. The predicted octanol–water partition coefficient (Wildman–Crippen LogP) is 1.82. The lowest BCUT2D eigenvalue weighted by Crippen LogP contribution is -2.48. The van der Waals surface area contributed by atoms with Crippen LogP contribution in [0.25, 0.3) is 0 Å². The molecule has 2 aromatic rings. The van der Waals surface area contributed by atoms with Gasteiger partial charge in [0.1, 0.15) is 12.3 Å². The largest absolute Gasteiger partial charge is 0.493 e. The molecule has 9 heteroatoms. The molecule has 1 spiro atoms. The van der Waals surface area contributed by atoms with Crippen LogP contribution in [-0.2, 0) is 15.1 Å². The normalized spacial score (nSPS) is 22.0. The number of hydrogen-bond donors (Lipinski definition) is 2. The summed E-state index contributed by atoms with van der Waals surface area (Å²) in [5.41, 5.74) is 0.232. The van der Waals surface area contributed by atoms with Crippen LogP contribution >= 0.6 is 0 Å². The van der Waals surface area contributed by atoms with Crippen molar-refractivity contribution in [2.24, 2.45) is 0 Å². The van der Waals surface area contributed by atoms with Gasteiger partial charge in [-0.25, -0.2) is 4.79 Å². The van der Waals surface area contributed by atoms with E-state index in [0.717, 1.165) is 10.5 Å². The van der Waals surface area contributed by atoms with Crippen LogP contribution in [0.3, 0.4) is 0 Å². The zero-order chi connectivity index (χ0) is 21.6. The predicted molar refractivity (Wildman–Crippen MR) is 108 cm³/mol. The van der Waals surface area contributed by atoms with Gasteiger partial charge in [-0.3, -0.25) is 14.5 Å². The van der Waals surface area contributed by atoms with Gasteiger partial charge in [-0.05, 0) is 30.7 Å². The Morgan fingerprint density at radius 1 is 1.13 bits per heavy atom. The van der Waals surface area contributed by atoms with Crippen molar-refractivity contribution >= 4 is 17.8 Å². The fourth-order valence-corrected chi connectivity index (χ4v) is 4.21. The smallest absolute Gasteiger partial charge is 0.325 e. The lowest BCUT2D eigenvalue weighted by Gasteiger charge is -2.33. The summed E-state index contributed by atoms with van der Waals surface area (Å²) in [5.74, 6) is 0.951. The van der Waals surface area contributed by atoms with Crippen LogP contribution in [0.4, 0.5) is 4.79 Å². The number of nitrogens with zero attached hydrogens (tertiary/aromatic N) is 1. The van der Waals surface area contributed by atoms with Gasteiger partial charge in [0.2, 0.25) is 12.7 Å². The topological polar surface area (TPSA) is 106 Å². The first-order valence-electron chi connectivity index (χ1n) is 10.0. The minimum atomic E-state index is -1.20. The summed E-state index contributed by atoms with van der Waals surface area (Å²) in [4.78, 5) is 39.5. The van der Waals surface area contributed by atoms with Crippen molar-refractivity contribution in [1.29, 1.82) is 0 Å². The molecule has 2 N–H and O–H groups in total. The maximum atomic E-state index is 13.3. The highest BCUT2D eigenvalue weighted by atomic mass is 16.7. The number of para-hydroxylation sites is 1. The number of hydrogen-bond acceptors (Lipinski definition) is 6. The highest BCUT2D eigenvalue weighted by molar-refractivity contribution is 6.09. The monoisotopic (exact) mass is 423 g/mol. The van der Waals surface area contributed by atoms with Gasteiger partial charge in [0.05, 0.1) is 12.6 Å². The van der Waals surface area contributed by atoms with Gasteiger partial charge in [0.25, 0.3) is 5.91 Å². The molecule has 2 aromatic carbocycles. The van der Waals surface area contributed by atoms with Crippen LogP contribution in [0.1, 0.15) is 30.5 Å². The quantitative estimate of drug-likeness (QED) is 0.727. The zero-order valence-corrected chi connectivity index (χ0v) is 16.8. The van der Waals surface area contributed by atoms with Crippen molar-refractivity contribution in [3.8, 4) is 17.2 Å². The maximum Gasteiger partial charge on any atom is 0.325 e. The molecule has 31 heavy (non-hydrogen) atoms. The molecule has 0 saturated carbocycles. The molecule has 3 aliphatic rings. The van der Waals surface area contributed by atoms with Gasteiger partial charge in [-0.2, -0.15) is 0 Å². The van der Waals surface area contributed by atoms with Gasteiger partial charge in [-0.15, -0.1) is 0 Å². The van der Waals surface area contributed by atoms with Crippen LogP contribution in [0.5, 0.6) is 17.2 Å². The van der Waals surface area contributed by atoms with E-state index in [-0.39, 0.29) is 19.4 Å². The van der Waals surface area contributed by atoms with Crippen LogP contribution < -0.4 is 24.8 Å². The third-order valence-corrected chi connectivity index (χ3v) is 5.83. The van der Waals surface area contributed by atoms with Crippen molar-refractivity contribution in [1.82, 2.24) is 15.5 Å². The molecule has 2 atom stereocenters. The number of carbonyl (C=O) groups excluding carboxylic acids is 3. The van der Waals surface area contributed by atoms with Gasteiger partial charge >= 0.3 is 6.03 Å². The Hall–Kier alpha value is -3.75. The minimum absolute atomic E-state index is 0.168. The Morgan fingerprint density at radius 3 is 2.81 bits per heavy atom. The Labute approximate surface area is 178 Å². The first-order chi connectivity index (χ1) is 15.0. The van der Waals surface area contributed by atoms with Crippen LogP contribution in [0.15, 0.2) is 42.5 Å². The summed E-state index contributed by atoms with van der Waals surface area (Å²) in [5, 5.41) is 5.62. The molecule has 0 radical (unpaired) electrons. The average Bonchev–Trinajstić information content (AvgIpc) is 3.32. The van der Waals surface area contributed by atoms with E-state index in [1.807, 2.05) is 19.1 Å². The molecule has 0 bridgehead atoms. The summed E-state index contributed by atoms with van der Waals surface area (Å²) in [7, 11) is 0. The van der Waals surface area contributed by atoms with Crippen molar-refractivity contribution in [3.63, 3.8) is 0 Å². The fraction of sp³-hybridized carbons (Fsp3) is 0.318. The Kier molecular flexibility index (Phi) is 4.46. The molecule has 1 fully saturated rings. The molecular formula is C22H21N3O6. The van der Waals surface area contributed by atoms with E-state index in [9.17, 15) is 14.4 Å². The van der Waals surface area contributed by atoms with Crippen LogP contribution in [-0.4, -0.2) is 42.7 Å². The number of rotatable bonds is 4. The number of urea groups is 1. The summed E-state index contributed by atoms with van der Waals surface area (Å²) < 4.78 is 16.3. The summed E-state index contributed by atoms with van der Waals surface area (Å²) in [6, 6.07) is 11.6. The molecule has 3 aliphatic heterocycles. The molecule has 0 aromatic heterocycles. The second-order valence-electron chi connectivity index (χ2n) is 7.72. The van der Waals surface area contributed by atoms with E-state index in [2.05, 4.69) is 10.6 Å². The van der Waals surface area contributed by atoms with Crippen molar-refractivity contribution < 1.29 is 28.6 Å². The highest BCUT2D eigenvalue weighted by Crippen LogP contribution is 2.41. The number of amides is 4. The van der Waals surface area contributed by atoms with Crippen LogP contribution in [0, 0.1) is 0 Å². The highest BCUT2D eigenvalue weighted by Gasteiger charge is 2.55. The van der Waals surface area contributed by atoms with Gasteiger partial charge in [-0.1, -0.05) is 24.3 Å². The second-order valence-corrected chi connectivity index (χ2v) is 7.72. The third-order valence-electron chi connectivity index (χ3n) is 5.83. The standard InChI is InChI=1S/C22H21N3O6/c1-13(14-6-7-17-18(10-14)31-12-30-17)23-19(26)11-25-20(27)22(24-21(25)28)8-9-29-16-5-3-2-4-15(16)22/h2-7,10,13H,8-9,11-12H2,1H3,(H,23,26)(H,24,28)/t13-,22-/m0/s1. The third kappa shape index (κ3) is 3.13. The molecule has 9 nitrogen and oxygen atoms in total. The summed E-state index contributed by atoms with van der Waals surface area (Å²) in [6.07, 6.45) is 0.306. The lowest BCUT2D eigenvalue weighted by molar-refractivity contribution is -0.136. The van der Waals surface area contributed by atoms with Crippen molar-refractivity contribution in [2.75, 3.05) is 19.9 Å². The average molecular weight is 423 g/mol. The molecule has 0 aliphatic carbocycles.